The molecule has 0 N–H and O–H groups in total. The number of carbonyl (C=O) groups excluding carboxylic acids is 1. The first kappa shape index (κ1) is 14.4. The highest BCUT2D eigenvalue weighted by Gasteiger charge is 2.38. The van der Waals surface area contributed by atoms with Crippen molar-refractivity contribution >= 4 is 11.6 Å². The third kappa shape index (κ3) is 2.24. The molecule has 1 unspecified atom stereocenters. The summed E-state index contributed by atoms with van der Waals surface area (Å²) in [5.41, 5.74) is 1.49. The van der Waals surface area contributed by atoms with Crippen molar-refractivity contribution in [1.29, 1.82) is 0 Å². The van der Waals surface area contributed by atoms with E-state index in [4.69, 9.17) is 9.47 Å². The molecule has 1 atom stereocenters. The first-order valence-electron chi connectivity index (χ1n) is 6.47. The van der Waals surface area contributed by atoms with Crippen LogP contribution in [0.2, 0.25) is 0 Å². The van der Waals surface area contributed by atoms with Crippen molar-refractivity contribution in [2.24, 2.45) is 5.10 Å². The Morgan fingerprint density at radius 3 is 2.50 bits per heavy atom. The average Bonchev–Trinajstić information content (AvgIpc) is 2.44. The molecule has 0 saturated heterocycles. The van der Waals surface area contributed by atoms with Crippen LogP contribution in [-0.2, 0) is 10.2 Å². The number of rotatable bonds is 3. The summed E-state index contributed by atoms with van der Waals surface area (Å²) in [5, 5.41) is 5.72. The van der Waals surface area contributed by atoms with Crippen LogP contribution < -0.4 is 9.47 Å². The lowest BCUT2D eigenvalue weighted by molar-refractivity contribution is -0.131. The Hall–Kier alpha value is -2.04. The Morgan fingerprint density at radius 2 is 1.90 bits per heavy atom. The second kappa shape index (κ2) is 5.15. The highest BCUT2D eigenvalue weighted by Crippen LogP contribution is 2.37. The van der Waals surface area contributed by atoms with Crippen molar-refractivity contribution in [1.82, 2.24) is 5.01 Å². The van der Waals surface area contributed by atoms with Gasteiger partial charge in [0.25, 0.3) is 0 Å². The molecule has 1 aromatic rings. The smallest absolute Gasteiger partial charge is 0.243 e. The van der Waals surface area contributed by atoms with Crippen molar-refractivity contribution < 1.29 is 14.3 Å². The zero-order chi connectivity index (χ0) is 14.9. The molecule has 0 aliphatic carbocycles. The van der Waals surface area contributed by atoms with Gasteiger partial charge in [-0.25, -0.2) is 5.01 Å². The van der Waals surface area contributed by atoms with Gasteiger partial charge >= 0.3 is 0 Å². The number of hydrogen-bond acceptors (Lipinski definition) is 4. The van der Waals surface area contributed by atoms with Crippen LogP contribution >= 0.6 is 0 Å². The summed E-state index contributed by atoms with van der Waals surface area (Å²) in [6.07, 6.45) is 0.397. The Morgan fingerprint density at radius 1 is 1.25 bits per heavy atom. The Balaban J connectivity index is 2.50. The van der Waals surface area contributed by atoms with Crippen LogP contribution in [0, 0.1) is 0 Å². The van der Waals surface area contributed by atoms with Crippen LogP contribution in [0.3, 0.4) is 0 Å². The van der Waals surface area contributed by atoms with Crippen LogP contribution in [0.5, 0.6) is 11.5 Å². The number of amides is 1. The monoisotopic (exact) mass is 276 g/mol. The maximum Gasteiger partial charge on any atom is 0.243 e. The van der Waals surface area contributed by atoms with Crippen LogP contribution in [-0.4, -0.2) is 37.9 Å². The fourth-order valence-corrected chi connectivity index (χ4v) is 2.43. The van der Waals surface area contributed by atoms with Gasteiger partial charge in [-0.1, -0.05) is 6.07 Å². The van der Waals surface area contributed by atoms with Gasteiger partial charge in [0.2, 0.25) is 5.91 Å². The van der Waals surface area contributed by atoms with E-state index in [9.17, 15) is 4.79 Å². The lowest BCUT2D eigenvalue weighted by Gasteiger charge is -2.35. The number of ether oxygens (including phenoxy) is 2. The van der Waals surface area contributed by atoms with Crippen LogP contribution in [0.4, 0.5) is 0 Å². The fourth-order valence-electron chi connectivity index (χ4n) is 2.43. The summed E-state index contributed by atoms with van der Waals surface area (Å²) < 4.78 is 10.6. The number of methoxy groups -OCH3 is 2. The lowest BCUT2D eigenvalue weighted by atomic mass is 9.74. The molecule has 5 nitrogen and oxygen atoms in total. The number of nitrogens with zero attached hydrogens (tertiary/aromatic N) is 2. The zero-order valence-electron chi connectivity index (χ0n) is 12.6. The van der Waals surface area contributed by atoms with E-state index in [0.29, 0.717) is 17.9 Å². The van der Waals surface area contributed by atoms with E-state index in [0.717, 1.165) is 11.3 Å². The standard InChI is InChI=1S/C15H20N2O3/c1-10-15(2,9-14(18)17(3)16-10)11-6-7-12(19-4)13(8-11)20-5/h6-8H,9H2,1-5H3. The maximum atomic E-state index is 12.0. The van der Waals surface area contributed by atoms with Gasteiger partial charge in [-0.05, 0) is 31.5 Å². The van der Waals surface area contributed by atoms with E-state index in [1.807, 2.05) is 32.0 Å². The minimum atomic E-state index is -0.414. The summed E-state index contributed by atoms with van der Waals surface area (Å²) in [4.78, 5) is 12.0. The van der Waals surface area contributed by atoms with Gasteiger partial charge in [0, 0.05) is 24.6 Å². The molecule has 1 aliphatic rings. The molecule has 0 aromatic heterocycles. The van der Waals surface area contributed by atoms with E-state index in [-0.39, 0.29) is 5.91 Å². The van der Waals surface area contributed by atoms with Crippen molar-refractivity contribution in [3.8, 4) is 11.5 Å². The molecule has 20 heavy (non-hydrogen) atoms. The number of carbonyl (C=O) groups is 1. The molecule has 1 aliphatic heterocycles. The summed E-state index contributed by atoms with van der Waals surface area (Å²) >= 11 is 0. The van der Waals surface area contributed by atoms with Gasteiger partial charge in [0.05, 0.1) is 14.2 Å². The fraction of sp³-hybridized carbons (Fsp3) is 0.467. The van der Waals surface area contributed by atoms with Crippen LogP contribution in [0.25, 0.3) is 0 Å². The molecule has 1 amide bonds. The van der Waals surface area contributed by atoms with Gasteiger partial charge in [-0.2, -0.15) is 5.10 Å². The molecule has 0 saturated carbocycles. The molecular formula is C15H20N2O3. The van der Waals surface area contributed by atoms with Gasteiger partial charge in [-0.3, -0.25) is 4.79 Å². The average molecular weight is 276 g/mol. The Labute approximate surface area is 119 Å². The van der Waals surface area contributed by atoms with Crippen molar-refractivity contribution in [2.75, 3.05) is 21.3 Å². The minimum Gasteiger partial charge on any atom is -0.493 e. The van der Waals surface area contributed by atoms with Crippen LogP contribution in [0.1, 0.15) is 25.8 Å². The molecule has 0 spiro atoms. The quantitative estimate of drug-likeness (QED) is 0.850. The highest BCUT2D eigenvalue weighted by molar-refractivity contribution is 5.99. The summed E-state index contributed by atoms with van der Waals surface area (Å²) in [6, 6.07) is 5.73. The minimum absolute atomic E-state index is 0.00730. The van der Waals surface area contributed by atoms with Gasteiger partial charge in [0.1, 0.15) is 0 Å². The number of benzene rings is 1. The second-order valence-electron chi connectivity index (χ2n) is 5.18. The molecule has 2 rings (SSSR count). The predicted octanol–water partition coefficient (Wildman–Crippen LogP) is 2.20. The van der Waals surface area contributed by atoms with Crippen molar-refractivity contribution in [2.45, 2.75) is 25.7 Å². The first-order valence-corrected chi connectivity index (χ1v) is 6.47. The molecule has 0 radical (unpaired) electrons. The van der Waals surface area contributed by atoms with Gasteiger partial charge in [-0.15, -0.1) is 0 Å². The van der Waals surface area contributed by atoms with Gasteiger partial charge < -0.3 is 9.47 Å². The van der Waals surface area contributed by atoms with E-state index in [1.54, 1.807) is 21.3 Å². The topological polar surface area (TPSA) is 51.1 Å². The van der Waals surface area contributed by atoms with E-state index in [2.05, 4.69) is 5.10 Å². The summed E-state index contributed by atoms with van der Waals surface area (Å²) in [5.74, 6) is 1.34. The molecule has 5 heteroatoms. The van der Waals surface area contributed by atoms with E-state index >= 15 is 0 Å². The number of hydrazone groups is 1. The third-order valence-electron chi connectivity index (χ3n) is 3.98. The molecular weight excluding hydrogens is 256 g/mol. The number of hydrogen-bond donors (Lipinski definition) is 0. The van der Waals surface area contributed by atoms with E-state index < -0.39 is 5.41 Å². The molecule has 0 fully saturated rings. The van der Waals surface area contributed by atoms with Crippen molar-refractivity contribution in [3.05, 3.63) is 23.8 Å². The SMILES string of the molecule is COc1ccc(C2(C)CC(=O)N(C)N=C2C)cc1OC. The second-order valence-corrected chi connectivity index (χ2v) is 5.18. The lowest BCUT2D eigenvalue weighted by Crippen LogP contribution is -2.43. The molecule has 1 aromatic carbocycles. The highest BCUT2D eigenvalue weighted by atomic mass is 16.5. The predicted molar refractivity (Wildman–Crippen MR) is 77.4 cm³/mol. The van der Waals surface area contributed by atoms with Gasteiger partial charge in [0.15, 0.2) is 11.5 Å². The normalized spacial score (nSPS) is 22.6. The summed E-state index contributed by atoms with van der Waals surface area (Å²) in [6.45, 7) is 3.97. The first-order chi connectivity index (χ1) is 9.42. The third-order valence-corrected chi connectivity index (χ3v) is 3.98. The largest absolute Gasteiger partial charge is 0.493 e. The molecule has 108 valence electrons. The van der Waals surface area contributed by atoms with E-state index in [1.165, 1.54) is 5.01 Å². The van der Waals surface area contributed by atoms with Crippen molar-refractivity contribution in [3.63, 3.8) is 0 Å². The maximum absolute atomic E-state index is 12.0. The van der Waals surface area contributed by atoms with Crippen LogP contribution in [0.15, 0.2) is 23.3 Å². The zero-order valence-corrected chi connectivity index (χ0v) is 12.6. The summed E-state index contributed by atoms with van der Waals surface area (Å²) in [7, 11) is 4.88. The Kier molecular flexibility index (Phi) is 3.70. The molecule has 0 bridgehead atoms. The Bertz CT molecular complexity index is 568. The molecule has 1 heterocycles.